The normalized spacial score (nSPS) is 11.5. The number of halogens is 1. The average molecular weight is 487 g/mol. The summed E-state index contributed by atoms with van der Waals surface area (Å²) in [5, 5.41) is 14.3. The van der Waals surface area contributed by atoms with Crippen molar-refractivity contribution in [2.45, 2.75) is 44.5 Å². The summed E-state index contributed by atoms with van der Waals surface area (Å²) < 4.78 is 8.88. The Hall–Kier alpha value is -2.12. The van der Waals surface area contributed by atoms with Crippen molar-refractivity contribution in [3.8, 4) is 5.75 Å². The summed E-state index contributed by atoms with van der Waals surface area (Å²) in [6, 6.07) is 16.3. The van der Waals surface area contributed by atoms with E-state index in [0.29, 0.717) is 12.5 Å². The number of hydrogen-bond acceptors (Lipinski definition) is 5. The van der Waals surface area contributed by atoms with Crippen LogP contribution in [0, 0.1) is 5.92 Å². The van der Waals surface area contributed by atoms with Crippen molar-refractivity contribution in [2.75, 3.05) is 6.61 Å². The van der Waals surface area contributed by atoms with Gasteiger partial charge in [0.1, 0.15) is 5.75 Å². The second-order valence-corrected chi connectivity index (χ2v) is 9.22. The van der Waals surface area contributed by atoms with E-state index in [4.69, 9.17) is 9.84 Å². The summed E-state index contributed by atoms with van der Waals surface area (Å²) in [4.78, 5) is 0. The number of benzene rings is 2. The van der Waals surface area contributed by atoms with Crippen LogP contribution >= 0.6 is 27.7 Å². The molecule has 3 aromatic rings. The molecule has 30 heavy (non-hydrogen) atoms. The van der Waals surface area contributed by atoms with Crippen LogP contribution in [0.25, 0.3) is 0 Å². The van der Waals surface area contributed by atoms with Crippen molar-refractivity contribution in [1.29, 1.82) is 0 Å². The number of nitrogens with zero attached hydrogens (tertiary/aromatic N) is 4. The first kappa shape index (κ1) is 22.6. The van der Waals surface area contributed by atoms with Gasteiger partial charge in [-0.1, -0.05) is 72.7 Å². The van der Waals surface area contributed by atoms with Gasteiger partial charge in [-0.3, -0.25) is 0 Å². The van der Waals surface area contributed by atoms with E-state index in [-0.39, 0.29) is 0 Å². The number of para-hydroxylation sites is 1. The Morgan fingerprint density at radius 3 is 2.63 bits per heavy atom. The summed E-state index contributed by atoms with van der Waals surface area (Å²) in [6.45, 7) is 7.08. The molecule has 0 aliphatic carbocycles. The van der Waals surface area contributed by atoms with Gasteiger partial charge >= 0.3 is 0 Å². The minimum atomic E-state index is 0.464. The lowest BCUT2D eigenvalue weighted by Gasteiger charge is -2.11. The highest BCUT2D eigenvalue weighted by Crippen LogP contribution is 2.24. The quantitative estimate of drug-likeness (QED) is 0.252. The summed E-state index contributed by atoms with van der Waals surface area (Å²) in [5.74, 6) is 2.98. The zero-order valence-electron chi connectivity index (χ0n) is 17.6. The van der Waals surface area contributed by atoms with Crippen LogP contribution in [0.3, 0.4) is 0 Å². The van der Waals surface area contributed by atoms with Gasteiger partial charge in [0.25, 0.3) is 0 Å². The first-order valence-corrected chi connectivity index (χ1v) is 11.9. The standard InChI is InChI=1S/C23H27BrN4OS/c1-4-7-22-26-27-23(30-16-18-10-12-20(24)13-11-18)28(22)25-14-19-8-5-6-9-21(19)29-15-17(2)3/h5-6,8-14,17H,4,7,15-16H2,1-3H3/b25-14+. The molecule has 2 aromatic carbocycles. The third-order valence-electron chi connectivity index (χ3n) is 4.23. The van der Waals surface area contributed by atoms with Gasteiger partial charge in [-0.2, -0.15) is 9.78 Å². The van der Waals surface area contributed by atoms with Crippen molar-refractivity contribution < 1.29 is 4.74 Å². The Morgan fingerprint density at radius 2 is 1.90 bits per heavy atom. The molecule has 0 atom stereocenters. The third kappa shape index (κ3) is 6.44. The maximum absolute atomic E-state index is 5.95. The first-order valence-electron chi connectivity index (χ1n) is 10.1. The highest BCUT2D eigenvalue weighted by atomic mass is 79.9. The van der Waals surface area contributed by atoms with Crippen molar-refractivity contribution >= 4 is 33.9 Å². The van der Waals surface area contributed by atoms with Crippen molar-refractivity contribution in [3.63, 3.8) is 0 Å². The lowest BCUT2D eigenvalue weighted by Crippen LogP contribution is -2.06. The SMILES string of the molecule is CCCc1nnc(SCc2ccc(Br)cc2)n1/N=C/c1ccccc1OCC(C)C. The van der Waals surface area contributed by atoms with Gasteiger partial charge < -0.3 is 4.74 Å². The van der Waals surface area contributed by atoms with E-state index in [2.05, 4.69) is 71.2 Å². The van der Waals surface area contributed by atoms with Crippen LogP contribution in [0.1, 0.15) is 44.1 Å². The topological polar surface area (TPSA) is 52.3 Å². The number of thioether (sulfide) groups is 1. The molecular formula is C23H27BrN4OS. The highest BCUT2D eigenvalue weighted by molar-refractivity contribution is 9.10. The van der Waals surface area contributed by atoms with Gasteiger partial charge in [0.15, 0.2) is 5.82 Å². The second-order valence-electron chi connectivity index (χ2n) is 7.36. The molecule has 0 saturated carbocycles. The van der Waals surface area contributed by atoms with Gasteiger partial charge in [0.05, 0.1) is 12.8 Å². The summed E-state index contributed by atoms with van der Waals surface area (Å²) in [7, 11) is 0. The van der Waals surface area contributed by atoms with Crippen LogP contribution in [0.15, 0.2) is 63.3 Å². The zero-order chi connectivity index (χ0) is 21.3. The van der Waals surface area contributed by atoms with E-state index >= 15 is 0 Å². The smallest absolute Gasteiger partial charge is 0.212 e. The molecule has 158 valence electrons. The molecule has 0 aliphatic heterocycles. The molecule has 0 aliphatic rings. The lowest BCUT2D eigenvalue weighted by molar-refractivity contribution is 0.270. The van der Waals surface area contributed by atoms with E-state index in [1.165, 1.54) is 5.56 Å². The monoisotopic (exact) mass is 486 g/mol. The molecule has 0 N–H and O–H groups in total. The molecule has 0 saturated heterocycles. The maximum atomic E-state index is 5.95. The number of aromatic nitrogens is 3. The first-order chi connectivity index (χ1) is 14.6. The predicted molar refractivity (Wildman–Crippen MR) is 127 cm³/mol. The van der Waals surface area contributed by atoms with Crippen LogP contribution in [-0.2, 0) is 12.2 Å². The fourth-order valence-corrected chi connectivity index (χ4v) is 3.83. The predicted octanol–water partition coefficient (Wildman–Crippen LogP) is 6.20. The largest absolute Gasteiger partial charge is 0.493 e. The van der Waals surface area contributed by atoms with Gasteiger partial charge in [-0.25, -0.2) is 0 Å². The fourth-order valence-electron chi connectivity index (χ4n) is 2.70. The highest BCUT2D eigenvalue weighted by Gasteiger charge is 2.12. The van der Waals surface area contributed by atoms with Crippen molar-refractivity contribution in [3.05, 3.63) is 70.0 Å². The average Bonchev–Trinajstić information content (AvgIpc) is 3.12. The minimum Gasteiger partial charge on any atom is -0.493 e. The molecule has 0 spiro atoms. The Bertz CT molecular complexity index is 970. The van der Waals surface area contributed by atoms with Gasteiger partial charge in [-0.05, 0) is 42.2 Å². The Labute approximate surface area is 191 Å². The molecule has 3 rings (SSSR count). The molecule has 1 heterocycles. The van der Waals surface area contributed by atoms with Crippen LogP contribution in [0.5, 0.6) is 5.75 Å². The maximum Gasteiger partial charge on any atom is 0.212 e. The van der Waals surface area contributed by atoms with Crippen LogP contribution in [0.4, 0.5) is 0 Å². The number of aryl methyl sites for hydroxylation is 1. The zero-order valence-corrected chi connectivity index (χ0v) is 20.0. The van der Waals surface area contributed by atoms with E-state index in [9.17, 15) is 0 Å². The van der Waals surface area contributed by atoms with E-state index in [1.807, 2.05) is 35.2 Å². The van der Waals surface area contributed by atoms with E-state index in [0.717, 1.165) is 45.4 Å². The molecule has 0 amide bonds. The molecule has 7 heteroatoms. The van der Waals surface area contributed by atoms with E-state index < -0.39 is 0 Å². The molecular weight excluding hydrogens is 460 g/mol. The van der Waals surface area contributed by atoms with Crippen molar-refractivity contribution in [1.82, 2.24) is 14.9 Å². The molecule has 1 aromatic heterocycles. The summed E-state index contributed by atoms with van der Waals surface area (Å²) in [5.41, 5.74) is 2.17. The van der Waals surface area contributed by atoms with Crippen LogP contribution in [0.2, 0.25) is 0 Å². The molecule has 0 radical (unpaired) electrons. The minimum absolute atomic E-state index is 0.464. The molecule has 0 fully saturated rings. The van der Waals surface area contributed by atoms with Gasteiger partial charge in [0.2, 0.25) is 5.16 Å². The Kier molecular flexibility index (Phi) is 8.51. The van der Waals surface area contributed by atoms with Gasteiger partial charge in [-0.15, -0.1) is 10.2 Å². The number of rotatable bonds is 10. The third-order valence-corrected chi connectivity index (χ3v) is 5.75. The van der Waals surface area contributed by atoms with Crippen molar-refractivity contribution in [2.24, 2.45) is 11.0 Å². The number of hydrogen-bond donors (Lipinski definition) is 0. The van der Waals surface area contributed by atoms with Crippen LogP contribution in [-0.4, -0.2) is 27.7 Å². The summed E-state index contributed by atoms with van der Waals surface area (Å²) in [6.07, 6.45) is 3.65. The van der Waals surface area contributed by atoms with Crippen LogP contribution < -0.4 is 4.74 Å². The second kappa shape index (κ2) is 11.3. The number of ether oxygens (including phenoxy) is 1. The fraction of sp³-hybridized carbons (Fsp3) is 0.348. The Morgan fingerprint density at radius 1 is 1.13 bits per heavy atom. The molecule has 0 bridgehead atoms. The molecule has 0 unspecified atom stereocenters. The lowest BCUT2D eigenvalue weighted by atomic mass is 10.2. The Balaban J connectivity index is 1.80. The summed E-state index contributed by atoms with van der Waals surface area (Å²) >= 11 is 5.11. The van der Waals surface area contributed by atoms with E-state index in [1.54, 1.807) is 11.8 Å². The molecule has 5 nitrogen and oxygen atoms in total. The van der Waals surface area contributed by atoms with Gasteiger partial charge in [0, 0.05) is 22.2 Å².